The number of nitrogens with one attached hydrogen (secondary N) is 1. The zero-order valence-electron chi connectivity index (χ0n) is 11.6. The van der Waals surface area contributed by atoms with Gasteiger partial charge in [0.05, 0.1) is 12.3 Å². The Morgan fingerprint density at radius 2 is 1.52 bits per heavy atom. The van der Waals surface area contributed by atoms with Crippen LogP contribution in [0, 0.1) is 0 Å². The van der Waals surface area contributed by atoms with Crippen LogP contribution in [0.15, 0.2) is 60.7 Å². The number of aliphatic hydroxyl groups is 1. The molecule has 4 N–H and O–H groups in total. The van der Waals surface area contributed by atoms with E-state index in [0.29, 0.717) is 12.2 Å². The van der Waals surface area contributed by atoms with Gasteiger partial charge < -0.3 is 15.2 Å². The standard InChI is InChI=1S/C17H18N2O2/c18-17(11-12-20)19-15(13-7-3-1-4-8-13)16(21-17)14-9-5-2-6-10-14/h1-10,19-20H,11-12,18H2. The second kappa shape index (κ2) is 5.60. The van der Waals surface area contributed by atoms with Crippen molar-refractivity contribution < 1.29 is 9.84 Å². The van der Waals surface area contributed by atoms with Crippen LogP contribution in [-0.2, 0) is 4.74 Å². The van der Waals surface area contributed by atoms with Gasteiger partial charge in [0.15, 0.2) is 5.76 Å². The molecule has 0 amide bonds. The Morgan fingerprint density at radius 3 is 2.10 bits per heavy atom. The van der Waals surface area contributed by atoms with Crippen LogP contribution in [0.4, 0.5) is 0 Å². The average Bonchev–Trinajstić information content (AvgIpc) is 2.87. The van der Waals surface area contributed by atoms with Gasteiger partial charge in [0.1, 0.15) is 0 Å². The lowest BCUT2D eigenvalue weighted by atomic mass is 10.1. The van der Waals surface area contributed by atoms with Crippen molar-refractivity contribution in [3.63, 3.8) is 0 Å². The first-order valence-corrected chi connectivity index (χ1v) is 6.94. The van der Waals surface area contributed by atoms with Crippen molar-refractivity contribution in [3.8, 4) is 0 Å². The molecule has 0 aromatic heterocycles. The zero-order valence-corrected chi connectivity index (χ0v) is 11.6. The Labute approximate surface area is 123 Å². The van der Waals surface area contributed by atoms with E-state index in [9.17, 15) is 5.11 Å². The van der Waals surface area contributed by atoms with Crippen LogP contribution >= 0.6 is 0 Å². The van der Waals surface area contributed by atoms with E-state index in [0.717, 1.165) is 16.8 Å². The smallest absolute Gasteiger partial charge is 0.238 e. The summed E-state index contributed by atoms with van der Waals surface area (Å²) in [7, 11) is 0. The Kier molecular flexibility index (Phi) is 3.64. The van der Waals surface area contributed by atoms with Crippen LogP contribution < -0.4 is 11.1 Å². The van der Waals surface area contributed by atoms with E-state index >= 15 is 0 Å². The minimum absolute atomic E-state index is 0.0480. The maximum atomic E-state index is 9.19. The maximum Gasteiger partial charge on any atom is 0.238 e. The van der Waals surface area contributed by atoms with Gasteiger partial charge >= 0.3 is 0 Å². The first-order chi connectivity index (χ1) is 10.2. The molecule has 1 heterocycles. The van der Waals surface area contributed by atoms with E-state index in [1.807, 2.05) is 60.7 Å². The molecular weight excluding hydrogens is 264 g/mol. The van der Waals surface area contributed by atoms with Crippen molar-refractivity contribution in [1.29, 1.82) is 0 Å². The van der Waals surface area contributed by atoms with E-state index < -0.39 is 5.85 Å². The first kappa shape index (κ1) is 13.7. The summed E-state index contributed by atoms with van der Waals surface area (Å²) in [6.45, 7) is -0.0480. The fourth-order valence-corrected chi connectivity index (χ4v) is 2.41. The highest BCUT2D eigenvalue weighted by Gasteiger charge is 2.37. The minimum atomic E-state index is -1.08. The molecule has 2 aromatic carbocycles. The molecule has 0 saturated heterocycles. The van der Waals surface area contributed by atoms with Gasteiger partial charge in [-0.2, -0.15) is 0 Å². The molecular formula is C17H18N2O2. The lowest BCUT2D eigenvalue weighted by Crippen LogP contribution is -2.51. The summed E-state index contributed by atoms with van der Waals surface area (Å²) >= 11 is 0. The van der Waals surface area contributed by atoms with Crippen LogP contribution in [0.5, 0.6) is 0 Å². The number of rotatable bonds is 4. The van der Waals surface area contributed by atoms with Crippen LogP contribution in [0.25, 0.3) is 11.5 Å². The van der Waals surface area contributed by atoms with Crippen molar-refractivity contribution >= 4 is 11.5 Å². The van der Waals surface area contributed by atoms with Gasteiger partial charge in [0.2, 0.25) is 5.85 Å². The van der Waals surface area contributed by atoms with Crippen molar-refractivity contribution in [2.45, 2.75) is 12.3 Å². The molecule has 21 heavy (non-hydrogen) atoms. The summed E-state index contributed by atoms with van der Waals surface area (Å²) in [6.07, 6.45) is 0.305. The number of hydrogen-bond donors (Lipinski definition) is 3. The molecule has 2 aromatic rings. The molecule has 0 aliphatic carbocycles. The highest BCUT2D eigenvalue weighted by Crippen LogP contribution is 2.35. The molecule has 1 unspecified atom stereocenters. The Bertz CT molecular complexity index is 587. The fraction of sp³-hybridized carbons (Fsp3) is 0.176. The third-order valence-electron chi connectivity index (χ3n) is 3.43. The molecule has 0 spiro atoms. The molecule has 1 atom stereocenters. The molecule has 108 valence electrons. The third-order valence-corrected chi connectivity index (χ3v) is 3.43. The summed E-state index contributed by atoms with van der Waals surface area (Å²) < 4.78 is 5.93. The second-order valence-electron chi connectivity index (χ2n) is 5.03. The Hall–Kier alpha value is -2.30. The van der Waals surface area contributed by atoms with Crippen molar-refractivity contribution in [1.82, 2.24) is 5.32 Å². The largest absolute Gasteiger partial charge is 0.452 e. The topological polar surface area (TPSA) is 67.5 Å². The monoisotopic (exact) mass is 282 g/mol. The minimum Gasteiger partial charge on any atom is -0.452 e. The van der Waals surface area contributed by atoms with Gasteiger partial charge in [-0.3, -0.25) is 5.73 Å². The Morgan fingerprint density at radius 1 is 0.952 bits per heavy atom. The highest BCUT2D eigenvalue weighted by atomic mass is 16.5. The van der Waals surface area contributed by atoms with Crippen LogP contribution in [0.2, 0.25) is 0 Å². The van der Waals surface area contributed by atoms with E-state index in [1.165, 1.54) is 0 Å². The van der Waals surface area contributed by atoms with Gasteiger partial charge in [0, 0.05) is 17.5 Å². The summed E-state index contributed by atoms with van der Waals surface area (Å²) in [6, 6.07) is 19.7. The quantitative estimate of drug-likeness (QED) is 0.803. The van der Waals surface area contributed by atoms with Gasteiger partial charge in [-0.1, -0.05) is 60.7 Å². The van der Waals surface area contributed by atoms with Crippen molar-refractivity contribution in [2.24, 2.45) is 5.73 Å². The number of benzene rings is 2. The van der Waals surface area contributed by atoms with Crippen LogP contribution in [0.3, 0.4) is 0 Å². The molecule has 1 aliphatic rings. The predicted octanol–water partition coefficient (Wildman–Crippen LogP) is 2.13. The van der Waals surface area contributed by atoms with Crippen LogP contribution in [0.1, 0.15) is 17.5 Å². The lowest BCUT2D eigenvalue weighted by Gasteiger charge is -2.24. The molecule has 0 fully saturated rings. The molecule has 0 bridgehead atoms. The van der Waals surface area contributed by atoms with Gasteiger partial charge in [0.25, 0.3) is 0 Å². The Balaban J connectivity index is 2.05. The fourth-order valence-electron chi connectivity index (χ4n) is 2.41. The molecule has 3 rings (SSSR count). The number of hydrogen-bond acceptors (Lipinski definition) is 4. The summed E-state index contributed by atoms with van der Waals surface area (Å²) in [5.41, 5.74) is 8.99. The molecule has 0 radical (unpaired) electrons. The molecule has 1 aliphatic heterocycles. The highest BCUT2D eigenvalue weighted by molar-refractivity contribution is 5.88. The van der Waals surface area contributed by atoms with E-state index in [2.05, 4.69) is 5.32 Å². The maximum absolute atomic E-state index is 9.19. The average molecular weight is 282 g/mol. The van der Waals surface area contributed by atoms with Crippen LogP contribution in [-0.4, -0.2) is 17.6 Å². The summed E-state index contributed by atoms with van der Waals surface area (Å²) in [5.74, 6) is -0.372. The van der Waals surface area contributed by atoms with Gasteiger partial charge in [-0.15, -0.1) is 0 Å². The van der Waals surface area contributed by atoms with Crippen molar-refractivity contribution in [2.75, 3.05) is 6.61 Å². The number of ether oxygens (including phenoxy) is 1. The van der Waals surface area contributed by atoms with E-state index in [1.54, 1.807) is 0 Å². The lowest BCUT2D eigenvalue weighted by molar-refractivity contribution is 0.0214. The molecule has 4 nitrogen and oxygen atoms in total. The summed E-state index contributed by atoms with van der Waals surface area (Å²) in [4.78, 5) is 0. The molecule has 0 saturated carbocycles. The van der Waals surface area contributed by atoms with E-state index in [4.69, 9.17) is 10.5 Å². The zero-order chi connectivity index (χ0) is 14.7. The summed E-state index contributed by atoms with van der Waals surface area (Å²) in [5, 5.41) is 12.4. The third kappa shape index (κ3) is 2.77. The number of aliphatic hydroxyl groups excluding tert-OH is 1. The van der Waals surface area contributed by atoms with E-state index in [-0.39, 0.29) is 6.61 Å². The van der Waals surface area contributed by atoms with Gasteiger partial charge in [-0.05, 0) is 0 Å². The number of nitrogens with two attached hydrogens (primary N) is 1. The predicted molar refractivity (Wildman–Crippen MR) is 82.5 cm³/mol. The van der Waals surface area contributed by atoms with Gasteiger partial charge in [-0.25, -0.2) is 0 Å². The SMILES string of the molecule is NC1(CCO)NC(c2ccccc2)=C(c2ccccc2)O1. The molecule has 4 heteroatoms. The first-order valence-electron chi connectivity index (χ1n) is 6.94. The second-order valence-corrected chi connectivity index (χ2v) is 5.03. The normalized spacial score (nSPS) is 21.0. The van der Waals surface area contributed by atoms with Crippen molar-refractivity contribution in [3.05, 3.63) is 71.8 Å².